The van der Waals surface area contributed by atoms with Crippen molar-refractivity contribution in [1.29, 1.82) is 0 Å². The summed E-state index contributed by atoms with van der Waals surface area (Å²) in [5.41, 5.74) is 1.64. The average Bonchev–Trinajstić information content (AvgIpc) is 3.05. The van der Waals surface area contributed by atoms with Crippen LogP contribution in [0.5, 0.6) is 0 Å². The van der Waals surface area contributed by atoms with Crippen molar-refractivity contribution in [2.75, 3.05) is 30.9 Å². The second-order valence-corrected chi connectivity index (χ2v) is 5.05. The van der Waals surface area contributed by atoms with E-state index in [1.54, 1.807) is 12.1 Å². The summed E-state index contributed by atoms with van der Waals surface area (Å²) in [6.45, 7) is -0.0770. The molecule has 0 saturated carbocycles. The first-order chi connectivity index (χ1) is 11.0. The van der Waals surface area contributed by atoms with Crippen LogP contribution in [0.1, 0.15) is 11.7 Å². The number of aliphatic hydroxyl groups is 1. The van der Waals surface area contributed by atoms with Gasteiger partial charge < -0.3 is 19.8 Å². The topological polar surface area (TPSA) is 108 Å². The van der Waals surface area contributed by atoms with Crippen LogP contribution in [-0.2, 0) is 9.59 Å². The Labute approximate surface area is 133 Å². The van der Waals surface area contributed by atoms with Crippen molar-refractivity contribution in [3.05, 3.63) is 42.2 Å². The third kappa shape index (κ3) is 4.55. The summed E-state index contributed by atoms with van der Waals surface area (Å²) < 4.78 is 4.54. The Kier molecular flexibility index (Phi) is 5.32. The zero-order valence-corrected chi connectivity index (χ0v) is 12.8. The molecule has 8 heteroatoms. The number of aromatic nitrogens is 1. The van der Waals surface area contributed by atoms with E-state index < -0.39 is 17.9 Å². The summed E-state index contributed by atoms with van der Waals surface area (Å²) in [5, 5.41) is 18.1. The molecule has 0 radical (unpaired) electrons. The Morgan fingerprint density at radius 1 is 1.22 bits per heavy atom. The lowest BCUT2D eigenvalue weighted by Gasteiger charge is -2.15. The van der Waals surface area contributed by atoms with E-state index in [0.717, 1.165) is 5.69 Å². The lowest BCUT2D eigenvalue weighted by molar-refractivity contribution is -0.136. The van der Waals surface area contributed by atoms with Crippen LogP contribution < -0.4 is 15.5 Å². The van der Waals surface area contributed by atoms with Gasteiger partial charge in [0.1, 0.15) is 6.26 Å². The van der Waals surface area contributed by atoms with Gasteiger partial charge in [0.15, 0.2) is 5.82 Å². The molecule has 0 fully saturated rings. The molecule has 2 aromatic rings. The number of nitrogens with zero attached hydrogens (tertiary/aromatic N) is 2. The third-order valence-electron chi connectivity index (χ3n) is 3.14. The maximum atomic E-state index is 11.6. The Hall–Kier alpha value is -2.87. The summed E-state index contributed by atoms with van der Waals surface area (Å²) in [6, 6.07) is 8.66. The molecular weight excluding hydrogens is 300 g/mol. The lowest BCUT2D eigenvalue weighted by Crippen LogP contribution is -2.37. The van der Waals surface area contributed by atoms with Gasteiger partial charge in [-0.2, -0.15) is 0 Å². The second kappa shape index (κ2) is 7.41. The summed E-state index contributed by atoms with van der Waals surface area (Å²) >= 11 is 0. The fourth-order valence-corrected chi connectivity index (χ4v) is 1.83. The molecule has 2 amide bonds. The molecule has 3 N–H and O–H groups in total. The van der Waals surface area contributed by atoms with Crippen molar-refractivity contribution >= 4 is 23.3 Å². The van der Waals surface area contributed by atoms with E-state index in [1.807, 2.05) is 31.1 Å². The van der Waals surface area contributed by atoms with Gasteiger partial charge in [-0.25, -0.2) is 0 Å². The Balaban J connectivity index is 1.84. The third-order valence-corrected chi connectivity index (χ3v) is 3.14. The van der Waals surface area contributed by atoms with E-state index in [-0.39, 0.29) is 12.4 Å². The number of anilines is 2. The molecule has 23 heavy (non-hydrogen) atoms. The maximum Gasteiger partial charge on any atom is 0.314 e. The first-order valence-electron chi connectivity index (χ1n) is 6.92. The molecule has 0 aliphatic carbocycles. The minimum atomic E-state index is -0.907. The number of carbonyl (C=O) groups is 2. The van der Waals surface area contributed by atoms with Gasteiger partial charge in [0.2, 0.25) is 0 Å². The largest absolute Gasteiger partial charge is 0.387 e. The molecular formula is C15H18N4O4. The number of aliphatic hydroxyl groups excluding tert-OH is 1. The van der Waals surface area contributed by atoms with Crippen LogP contribution in [0.2, 0.25) is 0 Å². The molecule has 1 heterocycles. The number of amides is 2. The van der Waals surface area contributed by atoms with Gasteiger partial charge in [-0.3, -0.25) is 14.9 Å². The van der Waals surface area contributed by atoms with Crippen molar-refractivity contribution in [3.63, 3.8) is 0 Å². The van der Waals surface area contributed by atoms with Gasteiger partial charge >= 0.3 is 11.8 Å². The molecule has 122 valence electrons. The van der Waals surface area contributed by atoms with Crippen LogP contribution in [0.4, 0.5) is 11.5 Å². The molecule has 0 spiro atoms. The highest BCUT2D eigenvalue weighted by atomic mass is 16.5. The average molecular weight is 318 g/mol. The number of carbonyl (C=O) groups excluding carboxylic acids is 2. The zero-order valence-electron chi connectivity index (χ0n) is 12.8. The summed E-state index contributed by atoms with van der Waals surface area (Å²) in [6.07, 6.45) is 0.365. The monoisotopic (exact) mass is 318 g/mol. The van der Waals surface area contributed by atoms with Crippen molar-refractivity contribution in [3.8, 4) is 0 Å². The number of nitrogens with one attached hydrogen (secondary N) is 2. The van der Waals surface area contributed by atoms with Gasteiger partial charge in [0.05, 0.1) is 6.10 Å². The molecule has 8 nitrogen and oxygen atoms in total. The van der Waals surface area contributed by atoms with Gasteiger partial charge in [0.25, 0.3) is 0 Å². The first kappa shape index (κ1) is 16.5. The minimum absolute atomic E-state index is 0.0770. The number of hydrogen-bond acceptors (Lipinski definition) is 6. The number of hydrogen-bond donors (Lipinski definition) is 3. The molecule has 0 aliphatic rings. The molecule has 1 atom stereocenters. The lowest BCUT2D eigenvalue weighted by atomic mass is 10.1. The first-order valence-corrected chi connectivity index (χ1v) is 6.92. The SMILES string of the molecule is CN(C)c1ccc([C@@H](O)CNC(=O)C(=O)Nc2ccon2)cc1. The number of rotatable bonds is 5. The van der Waals surface area contributed by atoms with Crippen LogP contribution in [0, 0.1) is 0 Å². The van der Waals surface area contributed by atoms with Crippen LogP contribution >= 0.6 is 0 Å². The van der Waals surface area contributed by atoms with Gasteiger partial charge in [-0.05, 0) is 17.7 Å². The van der Waals surface area contributed by atoms with Crippen LogP contribution in [-0.4, -0.2) is 42.7 Å². The van der Waals surface area contributed by atoms with Gasteiger partial charge in [-0.1, -0.05) is 17.3 Å². The van der Waals surface area contributed by atoms with Crippen molar-refractivity contribution in [2.45, 2.75) is 6.10 Å². The Morgan fingerprint density at radius 2 is 1.91 bits per heavy atom. The van der Waals surface area contributed by atoms with E-state index in [1.165, 1.54) is 12.3 Å². The van der Waals surface area contributed by atoms with Crippen LogP contribution in [0.25, 0.3) is 0 Å². The molecule has 2 rings (SSSR count). The van der Waals surface area contributed by atoms with Gasteiger partial charge in [-0.15, -0.1) is 0 Å². The van der Waals surface area contributed by atoms with E-state index in [0.29, 0.717) is 5.56 Å². The van der Waals surface area contributed by atoms with Gasteiger partial charge in [0, 0.05) is 32.4 Å². The fraction of sp³-hybridized carbons (Fsp3) is 0.267. The smallest absolute Gasteiger partial charge is 0.314 e. The minimum Gasteiger partial charge on any atom is -0.387 e. The molecule has 0 aliphatic heterocycles. The normalized spacial score (nSPS) is 11.6. The van der Waals surface area contributed by atoms with Crippen LogP contribution in [0.15, 0.2) is 41.1 Å². The van der Waals surface area contributed by atoms with E-state index in [4.69, 9.17) is 0 Å². The fourth-order valence-electron chi connectivity index (χ4n) is 1.83. The number of benzene rings is 1. The zero-order chi connectivity index (χ0) is 16.8. The second-order valence-electron chi connectivity index (χ2n) is 5.05. The highest BCUT2D eigenvalue weighted by Crippen LogP contribution is 2.17. The van der Waals surface area contributed by atoms with Crippen molar-refractivity contribution in [2.24, 2.45) is 0 Å². The van der Waals surface area contributed by atoms with Crippen LogP contribution in [0.3, 0.4) is 0 Å². The quantitative estimate of drug-likeness (QED) is 0.694. The summed E-state index contributed by atoms with van der Waals surface area (Å²) in [7, 11) is 3.83. The molecule has 0 saturated heterocycles. The van der Waals surface area contributed by atoms with Crippen molar-refractivity contribution < 1.29 is 19.2 Å². The highest BCUT2D eigenvalue weighted by molar-refractivity contribution is 6.39. The molecule has 0 unspecified atom stereocenters. The summed E-state index contributed by atoms with van der Waals surface area (Å²) in [4.78, 5) is 25.2. The Morgan fingerprint density at radius 3 is 2.48 bits per heavy atom. The summed E-state index contributed by atoms with van der Waals surface area (Å²) in [5.74, 6) is -1.60. The van der Waals surface area contributed by atoms with E-state index >= 15 is 0 Å². The molecule has 1 aromatic carbocycles. The Bertz CT molecular complexity index is 653. The molecule has 1 aromatic heterocycles. The van der Waals surface area contributed by atoms with E-state index in [9.17, 15) is 14.7 Å². The van der Waals surface area contributed by atoms with E-state index in [2.05, 4.69) is 20.3 Å². The maximum absolute atomic E-state index is 11.6. The standard InChI is InChI=1S/C15H18N4O4/c1-19(2)11-5-3-10(4-6-11)12(20)9-16-14(21)15(22)17-13-7-8-23-18-13/h3-8,12,20H,9H2,1-2H3,(H,16,21)(H,17,18,22)/t12-/m0/s1. The molecule has 0 bridgehead atoms. The van der Waals surface area contributed by atoms with Crippen molar-refractivity contribution in [1.82, 2.24) is 10.5 Å². The highest BCUT2D eigenvalue weighted by Gasteiger charge is 2.16. The predicted molar refractivity (Wildman–Crippen MR) is 83.9 cm³/mol. The predicted octanol–water partition coefficient (Wildman–Crippen LogP) is 0.529.